The van der Waals surface area contributed by atoms with E-state index < -0.39 is 6.16 Å². The highest BCUT2D eigenvalue weighted by molar-refractivity contribution is 5.98. The monoisotopic (exact) mass is 505 g/mol. The molecule has 192 valence electrons. The van der Waals surface area contributed by atoms with Gasteiger partial charge in [-0.2, -0.15) is 0 Å². The summed E-state index contributed by atoms with van der Waals surface area (Å²) in [5.74, 6) is 1.72. The first-order valence-electron chi connectivity index (χ1n) is 13.4. The van der Waals surface area contributed by atoms with Crippen LogP contribution in [0.5, 0.6) is 11.6 Å². The van der Waals surface area contributed by atoms with Crippen molar-refractivity contribution in [2.24, 2.45) is 0 Å². The third kappa shape index (κ3) is 4.72. The summed E-state index contributed by atoms with van der Waals surface area (Å²) >= 11 is 0. The standard InChI is InChI=1S/C33H31NO4/c35-33(36)38-32-29(19-9-21-37-30-20-7-13-23-12-3-4-15-25(23)30)28-18-8-17-27(31(28)34-32)26-16-6-5-14-24(26)22-10-1-2-11-22/h3-8,12-18,20,22,34H,1-2,9-11,19,21H2,(H,35,36). The third-order valence-corrected chi connectivity index (χ3v) is 7.72. The van der Waals surface area contributed by atoms with E-state index in [0.29, 0.717) is 24.8 Å². The molecule has 1 aliphatic carbocycles. The molecule has 1 aliphatic rings. The molecule has 0 amide bonds. The maximum Gasteiger partial charge on any atom is 0.512 e. The van der Waals surface area contributed by atoms with Crippen molar-refractivity contribution in [2.45, 2.75) is 44.4 Å². The molecular weight excluding hydrogens is 474 g/mol. The van der Waals surface area contributed by atoms with Crippen molar-refractivity contribution in [1.82, 2.24) is 4.98 Å². The molecule has 0 radical (unpaired) electrons. The molecule has 1 heterocycles. The van der Waals surface area contributed by atoms with Gasteiger partial charge in [-0.1, -0.05) is 91.7 Å². The van der Waals surface area contributed by atoms with Gasteiger partial charge in [0.2, 0.25) is 5.88 Å². The van der Waals surface area contributed by atoms with E-state index in [2.05, 4.69) is 59.6 Å². The minimum atomic E-state index is -1.32. The van der Waals surface area contributed by atoms with Crippen LogP contribution >= 0.6 is 0 Å². The summed E-state index contributed by atoms with van der Waals surface area (Å²) in [7, 11) is 0. The quantitative estimate of drug-likeness (QED) is 0.163. The molecule has 0 spiro atoms. The Balaban J connectivity index is 1.30. The third-order valence-electron chi connectivity index (χ3n) is 7.72. The zero-order valence-corrected chi connectivity index (χ0v) is 21.3. The molecule has 5 aromatic rings. The Hall–Kier alpha value is -4.25. The fourth-order valence-corrected chi connectivity index (χ4v) is 5.98. The summed E-state index contributed by atoms with van der Waals surface area (Å²) in [5.41, 5.74) is 5.44. The zero-order valence-electron chi connectivity index (χ0n) is 21.3. The van der Waals surface area contributed by atoms with Gasteiger partial charge >= 0.3 is 6.16 Å². The van der Waals surface area contributed by atoms with E-state index in [9.17, 15) is 9.90 Å². The fraction of sp³-hybridized carbons (Fsp3) is 0.242. The highest BCUT2D eigenvalue weighted by Crippen LogP contribution is 2.42. The van der Waals surface area contributed by atoms with Crippen LogP contribution in [0, 0.1) is 0 Å². The van der Waals surface area contributed by atoms with Gasteiger partial charge in [-0.3, -0.25) is 0 Å². The Morgan fingerprint density at radius 3 is 2.42 bits per heavy atom. The molecule has 2 N–H and O–H groups in total. The first-order chi connectivity index (χ1) is 18.7. The lowest BCUT2D eigenvalue weighted by atomic mass is 9.88. The lowest BCUT2D eigenvalue weighted by molar-refractivity contribution is 0.142. The van der Waals surface area contributed by atoms with Crippen LogP contribution in [-0.2, 0) is 6.42 Å². The van der Waals surface area contributed by atoms with Crippen LogP contribution in [0.25, 0.3) is 32.8 Å². The largest absolute Gasteiger partial charge is 0.512 e. The number of fused-ring (bicyclic) bond motifs is 2. The van der Waals surface area contributed by atoms with E-state index in [4.69, 9.17) is 9.47 Å². The second-order valence-corrected chi connectivity index (χ2v) is 10.0. The molecule has 0 unspecified atom stereocenters. The fourth-order valence-electron chi connectivity index (χ4n) is 5.98. The van der Waals surface area contributed by atoms with E-state index in [0.717, 1.165) is 45.0 Å². The van der Waals surface area contributed by atoms with E-state index in [1.54, 1.807) is 0 Å². The minimum Gasteiger partial charge on any atom is -0.493 e. The molecule has 6 rings (SSSR count). The van der Waals surface area contributed by atoms with Crippen molar-refractivity contribution in [2.75, 3.05) is 6.61 Å². The number of aromatic nitrogens is 1. The molecule has 0 atom stereocenters. The first-order valence-corrected chi connectivity index (χ1v) is 13.4. The van der Waals surface area contributed by atoms with Crippen molar-refractivity contribution in [1.29, 1.82) is 0 Å². The number of hydrogen-bond acceptors (Lipinski definition) is 3. The highest BCUT2D eigenvalue weighted by Gasteiger charge is 2.23. The number of aryl methyl sites for hydroxylation is 1. The van der Waals surface area contributed by atoms with Crippen LogP contribution in [0.2, 0.25) is 0 Å². The summed E-state index contributed by atoms with van der Waals surface area (Å²) in [6, 6.07) is 29.1. The van der Waals surface area contributed by atoms with Crippen LogP contribution in [0.3, 0.4) is 0 Å². The highest BCUT2D eigenvalue weighted by atomic mass is 16.7. The second kappa shape index (κ2) is 10.6. The SMILES string of the molecule is O=C(O)Oc1[nH]c2c(-c3ccccc3C3CCCC3)cccc2c1CCCOc1cccc2ccccc12. The lowest BCUT2D eigenvalue weighted by Gasteiger charge is -2.16. The average molecular weight is 506 g/mol. The zero-order chi connectivity index (χ0) is 25.9. The van der Waals surface area contributed by atoms with Gasteiger partial charge in [-0.15, -0.1) is 0 Å². The van der Waals surface area contributed by atoms with Crippen LogP contribution in [-0.4, -0.2) is 22.9 Å². The van der Waals surface area contributed by atoms with Crippen LogP contribution in [0.1, 0.15) is 49.1 Å². The van der Waals surface area contributed by atoms with Crippen molar-refractivity contribution < 1.29 is 19.4 Å². The van der Waals surface area contributed by atoms with Crippen molar-refractivity contribution >= 4 is 27.8 Å². The van der Waals surface area contributed by atoms with Gasteiger partial charge in [-0.25, -0.2) is 4.79 Å². The number of benzene rings is 4. The molecule has 5 heteroatoms. The predicted octanol–water partition coefficient (Wildman–Crippen LogP) is 8.71. The van der Waals surface area contributed by atoms with Crippen molar-refractivity contribution in [3.63, 3.8) is 0 Å². The van der Waals surface area contributed by atoms with Gasteiger partial charge in [-0.05, 0) is 54.2 Å². The number of hydrogen-bond donors (Lipinski definition) is 2. The molecule has 38 heavy (non-hydrogen) atoms. The number of para-hydroxylation sites is 1. The molecule has 1 saturated carbocycles. The maximum absolute atomic E-state index is 11.6. The Labute approximate surface area is 222 Å². The Morgan fingerprint density at radius 1 is 0.842 bits per heavy atom. The summed E-state index contributed by atoms with van der Waals surface area (Å²) in [5, 5.41) is 12.7. The van der Waals surface area contributed by atoms with Gasteiger partial charge in [0.05, 0.1) is 12.1 Å². The normalized spacial score (nSPS) is 13.8. The van der Waals surface area contributed by atoms with Gasteiger partial charge in [0.25, 0.3) is 0 Å². The molecule has 5 nitrogen and oxygen atoms in total. The number of ether oxygens (including phenoxy) is 2. The maximum atomic E-state index is 11.6. The Kier molecular flexibility index (Phi) is 6.74. The Morgan fingerprint density at radius 2 is 1.55 bits per heavy atom. The smallest absolute Gasteiger partial charge is 0.493 e. The molecular formula is C33H31NO4. The molecule has 4 aromatic carbocycles. The van der Waals surface area contributed by atoms with Gasteiger partial charge in [0, 0.05) is 21.9 Å². The summed E-state index contributed by atoms with van der Waals surface area (Å²) in [6.45, 7) is 0.511. The van der Waals surface area contributed by atoms with E-state index in [-0.39, 0.29) is 0 Å². The number of nitrogens with one attached hydrogen (secondary N) is 1. The molecule has 0 saturated heterocycles. The average Bonchev–Trinajstić information content (AvgIpc) is 3.59. The molecule has 1 aromatic heterocycles. The van der Waals surface area contributed by atoms with Crippen LogP contribution in [0.4, 0.5) is 4.79 Å². The lowest BCUT2D eigenvalue weighted by Crippen LogP contribution is -2.06. The van der Waals surface area contributed by atoms with Gasteiger partial charge in [0.15, 0.2) is 0 Å². The number of aromatic amines is 1. The van der Waals surface area contributed by atoms with Gasteiger partial charge in [0.1, 0.15) is 5.75 Å². The topological polar surface area (TPSA) is 71.5 Å². The van der Waals surface area contributed by atoms with Crippen LogP contribution < -0.4 is 9.47 Å². The predicted molar refractivity (Wildman–Crippen MR) is 151 cm³/mol. The van der Waals surface area contributed by atoms with Crippen molar-refractivity contribution in [3.05, 3.63) is 96.1 Å². The number of rotatable bonds is 8. The summed E-state index contributed by atoms with van der Waals surface area (Å²) in [6.07, 6.45) is 4.99. The van der Waals surface area contributed by atoms with E-state index in [1.807, 2.05) is 30.3 Å². The molecule has 0 bridgehead atoms. The molecule has 1 fully saturated rings. The Bertz CT molecular complexity index is 1590. The number of H-pyrrole nitrogens is 1. The molecule has 0 aliphatic heterocycles. The number of carbonyl (C=O) groups is 1. The van der Waals surface area contributed by atoms with Crippen molar-refractivity contribution in [3.8, 4) is 22.8 Å². The first kappa shape index (κ1) is 24.1. The van der Waals surface area contributed by atoms with Gasteiger partial charge < -0.3 is 19.6 Å². The number of carboxylic acid groups (broad SMARTS) is 1. The minimum absolute atomic E-state index is 0.295. The summed E-state index contributed by atoms with van der Waals surface area (Å²) in [4.78, 5) is 14.9. The summed E-state index contributed by atoms with van der Waals surface area (Å²) < 4.78 is 11.4. The van der Waals surface area contributed by atoms with Crippen LogP contribution in [0.15, 0.2) is 84.9 Å². The van der Waals surface area contributed by atoms with E-state index >= 15 is 0 Å². The second-order valence-electron chi connectivity index (χ2n) is 10.0. The van der Waals surface area contributed by atoms with E-state index in [1.165, 1.54) is 36.8 Å².